The fourth-order valence-electron chi connectivity index (χ4n) is 2.85. The minimum atomic E-state index is -1.19. The zero-order valence-corrected chi connectivity index (χ0v) is 22.1. The molecule has 0 saturated carbocycles. The fourth-order valence-corrected chi connectivity index (χ4v) is 2.85. The van der Waals surface area contributed by atoms with Gasteiger partial charge in [-0.15, -0.1) is 24.8 Å². The number of carboxylic acid groups (broad SMARTS) is 2. The quantitative estimate of drug-likeness (QED) is 0.409. The van der Waals surface area contributed by atoms with Crippen molar-refractivity contribution < 1.29 is 38.9 Å². The van der Waals surface area contributed by atoms with Crippen molar-refractivity contribution in [1.82, 2.24) is 20.4 Å². The number of carboxylic acids is 2. The number of hydrogen-bond donors (Lipinski definition) is 4. The molecule has 2 aliphatic rings. The van der Waals surface area contributed by atoms with Crippen molar-refractivity contribution in [2.24, 2.45) is 0 Å². The highest BCUT2D eigenvalue weighted by Gasteiger charge is 2.40. The number of ether oxygens (including phenoxy) is 2. The van der Waals surface area contributed by atoms with E-state index in [9.17, 15) is 24.3 Å². The van der Waals surface area contributed by atoms with Crippen LogP contribution in [-0.4, -0.2) is 107 Å². The van der Waals surface area contributed by atoms with Crippen molar-refractivity contribution in [1.29, 1.82) is 0 Å². The molecule has 4 N–H and O–H groups in total. The van der Waals surface area contributed by atoms with E-state index in [-0.39, 0.29) is 44.4 Å². The summed E-state index contributed by atoms with van der Waals surface area (Å²) in [6, 6.07) is -1.55. The monoisotopic (exact) mass is 532 g/mol. The second kappa shape index (κ2) is 14.4. The number of piperazine rings is 2. The summed E-state index contributed by atoms with van der Waals surface area (Å²) in [6.07, 6.45) is -1.29. The molecule has 2 rings (SSSR count). The van der Waals surface area contributed by atoms with E-state index in [4.69, 9.17) is 14.6 Å². The Bertz CT molecular complexity index is 691. The summed E-state index contributed by atoms with van der Waals surface area (Å²) < 4.78 is 10.5. The predicted octanol–water partition coefficient (Wildman–Crippen LogP) is 1.40. The Hall–Kier alpha value is -2.02. The Morgan fingerprint density at radius 1 is 0.824 bits per heavy atom. The zero-order chi connectivity index (χ0) is 24.7. The first-order valence-electron chi connectivity index (χ1n) is 10.5. The normalized spacial score (nSPS) is 20.4. The van der Waals surface area contributed by atoms with Gasteiger partial charge in [-0.3, -0.25) is 9.69 Å². The van der Waals surface area contributed by atoms with Crippen LogP contribution in [0.25, 0.3) is 0 Å². The zero-order valence-electron chi connectivity index (χ0n) is 20.5. The summed E-state index contributed by atoms with van der Waals surface area (Å²) in [7, 11) is 0. The van der Waals surface area contributed by atoms with E-state index in [0.717, 1.165) is 18.0 Å². The lowest BCUT2D eigenvalue weighted by Gasteiger charge is -2.39. The van der Waals surface area contributed by atoms with Crippen molar-refractivity contribution in [3.05, 3.63) is 0 Å². The topological polar surface area (TPSA) is 158 Å². The molecule has 200 valence electrons. The molecule has 2 fully saturated rings. The molecule has 2 amide bonds. The van der Waals surface area contributed by atoms with Crippen LogP contribution in [0.2, 0.25) is 0 Å². The minimum absolute atomic E-state index is 0. The number of nitrogens with zero attached hydrogens (tertiary/aromatic N) is 2. The van der Waals surface area contributed by atoms with Crippen molar-refractivity contribution in [3.8, 4) is 0 Å². The van der Waals surface area contributed by atoms with Crippen LogP contribution >= 0.6 is 24.8 Å². The van der Waals surface area contributed by atoms with Gasteiger partial charge in [0.1, 0.15) is 17.2 Å². The molecule has 0 radical (unpaired) electrons. The van der Waals surface area contributed by atoms with Crippen LogP contribution in [0.15, 0.2) is 0 Å². The largest absolute Gasteiger partial charge is 0.480 e. The van der Waals surface area contributed by atoms with Gasteiger partial charge in [0.25, 0.3) is 0 Å². The highest BCUT2D eigenvalue weighted by atomic mass is 35.5. The molecule has 34 heavy (non-hydrogen) atoms. The van der Waals surface area contributed by atoms with Gasteiger partial charge in [-0.25, -0.2) is 14.4 Å². The first-order chi connectivity index (χ1) is 14.6. The van der Waals surface area contributed by atoms with E-state index < -0.39 is 47.4 Å². The molecule has 0 aromatic carbocycles. The van der Waals surface area contributed by atoms with Crippen molar-refractivity contribution in [2.45, 2.75) is 64.8 Å². The summed E-state index contributed by atoms with van der Waals surface area (Å²) in [5, 5.41) is 23.6. The SMILES string of the molecule is CC(C)(C)OC(=O)N1CCN(C(=O)OC(C)(C)C)C(C(=O)O)C1.Cl.Cl.O=C(O)C1CNCCN1. The van der Waals surface area contributed by atoms with Gasteiger partial charge in [0.05, 0.1) is 6.54 Å². The number of hydrogen-bond acceptors (Lipinski definition) is 8. The van der Waals surface area contributed by atoms with Gasteiger partial charge in [0.15, 0.2) is 6.04 Å². The van der Waals surface area contributed by atoms with Crippen molar-refractivity contribution in [3.63, 3.8) is 0 Å². The number of carbonyl (C=O) groups excluding carboxylic acids is 2. The molecule has 2 unspecified atom stereocenters. The molecular weight excluding hydrogens is 495 g/mol. The molecule has 2 heterocycles. The second-order valence-corrected chi connectivity index (χ2v) is 9.50. The maximum Gasteiger partial charge on any atom is 0.411 e. The first-order valence-corrected chi connectivity index (χ1v) is 10.5. The summed E-state index contributed by atoms with van der Waals surface area (Å²) in [5.74, 6) is -1.97. The number of rotatable bonds is 2. The highest BCUT2D eigenvalue weighted by molar-refractivity contribution is 5.85. The van der Waals surface area contributed by atoms with Crippen molar-refractivity contribution in [2.75, 3.05) is 39.3 Å². The smallest absolute Gasteiger partial charge is 0.411 e. The van der Waals surface area contributed by atoms with Gasteiger partial charge in [-0.05, 0) is 41.5 Å². The van der Waals surface area contributed by atoms with Gasteiger partial charge in [-0.2, -0.15) is 0 Å². The minimum Gasteiger partial charge on any atom is -0.480 e. The first kappa shape index (κ1) is 34.1. The van der Waals surface area contributed by atoms with Crippen LogP contribution in [0.4, 0.5) is 9.59 Å². The molecular formula is C20H38Cl2N4O8. The van der Waals surface area contributed by atoms with E-state index >= 15 is 0 Å². The number of halogens is 2. The molecule has 0 aromatic heterocycles. The fraction of sp³-hybridized carbons (Fsp3) is 0.800. The van der Waals surface area contributed by atoms with E-state index in [2.05, 4.69) is 10.6 Å². The molecule has 14 heteroatoms. The standard InChI is InChI=1S/C15H26N2O6.C5H10N2O2.2ClH/c1-14(2,3)22-12(20)16-7-8-17(10(9-16)11(18)19)13(21)23-15(4,5)6;8-5(9)4-3-6-1-2-7-4;;/h10H,7-9H2,1-6H3,(H,18,19);4,6-7H,1-3H2,(H,8,9);2*1H. The average Bonchev–Trinajstić information content (AvgIpc) is 2.66. The third-order valence-electron chi connectivity index (χ3n) is 4.28. The number of carbonyl (C=O) groups is 4. The van der Waals surface area contributed by atoms with Crippen molar-refractivity contribution >= 4 is 48.9 Å². The number of nitrogens with one attached hydrogen (secondary N) is 2. The van der Waals surface area contributed by atoms with E-state index in [1.807, 2.05) is 0 Å². The number of amides is 2. The molecule has 2 aliphatic heterocycles. The average molecular weight is 533 g/mol. The molecule has 0 aromatic rings. The molecule has 0 aliphatic carbocycles. The highest BCUT2D eigenvalue weighted by Crippen LogP contribution is 2.18. The van der Waals surface area contributed by atoms with Crippen LogP contribution in [-0.2, 0) is 19.1 Å². The third-order valence-corrected chi connectivity index (χ3v) is 4.28. The van der Waals surface area contributed by atoms with E-state index in [1.165, 1.54) is 4.90 Å². The Labute approximate surface area is 212 Å². The summed E-state index contributed by atoms with van der Waals surface area (Å²) >= 11 is 0. The lowest BCUT2D eigenvalue weighted by atomic mass is 10.1. The predicted molar refractivity (Wildman–Crippen MR) is 129 cm³/mol. The van der Waals surface area contributed by atoms with Crippen LogP contribution in [0.1, 0.15) is 41.5 Å². The Morgan fingerprint density at radius 3 is 1.74 bits per heavy atom. The van der Waals surface area contributed by atoms with Gasteiger partial charge in [0.2, 0.25) is 0 Å². The summed E-state index contributed by atoms with van der Waals surface area (Å²) in [5.41, 5.74) is -1.39. The van der Waals surface area contributed by atoms with Gasteiger partial charge in [0, 0.05) is 32.7 Å². The summed E-state index contributed by atoms with van der Waals surface area (Å²) in [6.45, 7) is 12.6. The Kier molecular flexibility index (Phi) is 14.5. The van der Waals surface area contributed by atoms with Gasteiger partial charge in [-0.1, -0.05) is 0 Å². The molecule has 12 nitrogen and oxygen atoms in total. The van der Waals surface area contributed by atoms with Crippen LogP contribution in [0.5, 0.6) is 0 Å². The third kappa shape index (κ3) is 12.4. The van der Waals surface area contributed by atoms with E-state index in [0.29, 0.717) is 6.54 Å². The lowest BCUT2D eigenvalue weighted by molar-refractivity contribution is -0.145. The van der Waals surface area contributed by atoms with E-state index in [1.54, 1.807) is 41.5 Å². The maximum absolute atomic E-state index is 12.1. The Morgan fingerprint density at radius 2 is 1.35 bits per heavy atom. The summed E-state index contributed by atoms with van der Waals surface area (Å²) in [4.78, 5) is 48.3. The van der Waals surface area contributed by atoms with Crippen LogP contribution in [0.3, 0.4) is 0 Å². The molecule has 0 spiro atoms. The molecule has 2 saturated heterocycles. The van der Waals surface area contributed by atoms with Gasteiger partial charge < -0.3 is 35.2 Å². The Balaban J connectivity index is 0. The molecule has 0 bridgehead atoms. The van der Waals surface area contributed by atoms with Crippen LogP contribution in [0, 0.1) is 0 Å². The number of aliphatic carboxylic acids is 2. The second-order valence-electron chi connectivity index (χ2n) is 9.50. The van der Waals surface area contributed by atoms with Gasteiger partial charge >= 0.3 is 24.1 Å². The lowest BCUT2D eigenvalue weighted by Crippen LogP contribution is -2.60. The molecule has 2 atom stereocenters. The maximum atomic E-state index is 12.1. The van der Waals surface area contributed by atoms with Crippen LogP contribution < -0.4 is 10.6 Å².